The second kappa shape index (κ2) is 11.3. The first kappa shape index (κ1) is 22.6. The molecule has 0 aliphatic carbocycles. The summed E-state index contributed by atoms with van der Waals surface area (Å²) in [6.45, 7) is 5.53. The van der Waals surface area contributed by atoms with E-state index in [2.05, 4.69) is 4.99 Å². The molecule has 0 radical (unpaired) electrons. The van der Waals surface area contributed by atoms with Crippen LogP contribution in [-0.2, 0) is 14.3 Å². The van der Waals surface area contributed by atoms with E-state index in [4.69, 9.17) is 14.2 Å². The highest BCUT2D eigenvalue weighted by molar-refractivity contribution is 8.14. The van der Waals surface area contributed by atoms with Crippen molar-refractivity contribution in [3.63, 3.8) is 0 Å². The topological polar surface area (TPSA) is 77.4 Å². The Balaban J connectivity index is 1.90. The third-order valence-corrected chi connectivity index (χ3v) is 5.72. The fourth-order valence-electron chi connectivity index (χ4n) is 2.76. The number of esters is 1. The molecule has 0 saturated heterocycles. The zero-order valence-corrected chi connectivity index (χ0v) is 17.8. The van der Waals surface area contributed by atoms with Gasteiger partial charge in [-0.3, -0.25) is 4.99 Å². The number of hydrogen-bond donors (Lipinski definition) is 1. The van der Waals surface area contributed by atoms with Gasteiger partial charge in [0, 0.05) is 31.1 Å². The van der Waals surface area contributed by atoms with Gasteiger partial charge in [0.15, 0.2) is 5.54 Å². The molecule has 156 valence electrons. The summed E-state index contributed by atoms with van der Waals surface area (Å²) in [7, 11) is 1.72. The average molecular weight is 410 g/mol. The molecule has 1 heterocycles. The van der Waals surface area contributed by atoms with Crippen molar-refractivity contribution in [2.75, 3.05) is 32.7 Å². The van der Waals surface area contributed by atoms with Gasteiger partial charge >= 0.3 is 5.97 Å². The summed E-state index contributed by atoms with van der Waals surface area (Å²) in [6.07, 6.45) is 5.02. The van der Waals surface area contributed by atoms with Crippen molar-refractivity contribution in [3.8, 4) is 11.5 Å². The number of carbonyl (C=O) groups excluding carboxylic acids is 1. The number of phenolic OH excluding ortho intramolecular Hbond substituents is 1. The molecule has 7 heteroatoms. The van der Waals surface area contributed by atoms with E-state index >= 15 is 0 Å². The molecule has 1 aromatic carbocycles. The van der Waals surface area contributed by atoms with Crippen LogP contribution < -0.4 is 4.74 Å². The molecule has 0 aromatic heterocycles. The Morgan fingerprint density at radius 2 is 1.96 bits per heavy atom. The molecule has 0 saturated carbocycles. The molecule has 0 bridgehead atoms. The number of thioether (sulfide) groups is 1. The minimum atomic E-state index is -0.903. The van der Waals surface area contributed by atoms with E-state index in [1.807, 2.05) is 13.0 Å². The van der Waals surface area contributed by atoms with Crippen LogP contribution in [0.3, 0.4) is 0 Å². The van der Waals surface area contributed by atoms with Crippen molar-refractivity contribution >= 4 is 22.8 Å². The van der Waals surface area contributed by atoms with E-state index < -0.39 is 5.54 Å². The zero-order chi connectivity index (χ0) is 20.4. The predicted molar refractivity (Wildman–Crippen MR) is 113 cm³/mol. The number of aromatic hydroxyl groups is 1. The Hall–Kier alpha value is -1.73. The number of phenols is 1. The quantitative estimate of drug-likeness (QED) is 0.412. The molecule has 1 N–H and O–H groups in total. The highest BCUT2D eigenvalue weighted by Gasteiger charge is 2.40. The van der Waals surface area contributed by atoms with Crippen LogP contribution in [0, 0.1) is 0 Å². The number of hydrogen-bond acceptors (Lipinski definition) is 7. The second-order valence-corrected chi connectivity index (χ2v) is 8.01. The highest BCUT2D eigenvalue weighted by Crippen LogP contribution is 2.36. The van der Waals surface area contributed by atoms with Gasteiger partial charge in [0.1, 0.15) is 16.5 Å². The Bertz CT molecular complexity index is 679. The molecule has 0 amide bonds. The summed E-state index contributed by atoms with van der Waals surface area (Å²) >= 11 is 1.45. The maximum Gasteiger partial charge on any atom is 0.334 e. The van der Waals surface area contributed by atoms with Gasteiger partial charge in [0.25, 0.3) is 0 Å². The van der Waals surface area contributed by atoms with Gasteiger partial charge in [0.05, 0.1) is 13.2 Å². The van der Waals surface area contributed by atoms with E-state index in [1.54, 1.807) is 26.2 Å². The minimum absolute atomic E-state index is 0.107. The molecule has 2 rings (SSSR count). The summed E-state index contributed by atoms with van der Waals surface area (Å²) in [5.41, 5.74) is -0.288. The Kier molecular flexibility index (Phi) is 9.12. The normalized spacial score (nSPS) is 18.8. The monoisotopic (exact) mass is 409 g/mol. The number of carbonyl (C=O) groups is 1. The maximum atomic E-state index is 12.2. The average Bonchev–Trinajstić information content (AvgIpc) is 3.08. The highest BCUT2D eigenvalue weighted by atomic mass is 32.2. The lowest BCUT2D eigenvalue weighted by molar-refractivity contribution is -0.148. The smallest absolute Gasteiger partial charge is 0.334 e. The number of ether oxygens (including phenoxy) is 3. The SMILES string of the molecule is CCCOC(=O)[C@@]1(C)CSC(c2ccc(OCCCCCCOC)cc2O)=N1. The van der Waals surface area contributed by atoms with Crippen LogP contribution in [0.2, 0.25) is 0 Å². The molecular weight excluding hydrogens is 378 g/mol. The van der Waals surface area contributed by atoms with Crippen molar-refractivity contribution in [2.24, 2.45) is 4.99 Å². The summed E-state index contributed by atoms with van der Waals surface area (Å²) in [5, 5.41) is 11.0. The number of benzene rings is 1. The molecule has 6 nitrogen and oxygen atoms in total. The zero-order valence-electron chi connectivity index (χ0n) is 17.0. The van der Waals surface area contributed by atoms with Crippen LogP contribution in [0.4, 0.5) is 0 Å². The third-order valence-electron chi connectivity index (χ3n) is 4.43. The van der Waals surface area contributed by atoms with Gasteiger partial charge in [-0.1, -0.05) is 13.3 Å². The van der Waals surface area contributed by atoms with Crippen LogP contribution in [0.15, 0.2) is 23.2 Å². The van der Waals surface area contributed by atoms with Gasteiger partial charge in [-0.25, -0.2) is 4.79 Å². The molecule has 1 aliphatic heterocycles. The lowest BCUT2D eigenvalue weighted by atomic mass is 10.1. The van der Waals surface area contributed by atoms with Crippen molar-refractivity contribution in [2.45, 2.75) is 51.5 Å². The predicted octanol–water partition coefficient (Wildman–Crippen LogP) is 4.18. The number of aliphatic imine (C=N–C) groups is 1. The standard InChI is InChI=1S/C21H31NO5S/c1-4-11-27-20(24)21(2)15-28-19(22-21)17-10-9-16(14-18(17)23)26-13-8-6-5-7-12-25-3/h9-10,14,23H,4-8,11-13,15H2,1-3H3/t21-/m1/s1. The van der Waals surface area contributed by atoms with E-state index in [0.717, 1.165) is 38.7 Å². The molecule has 0 spiro atoms. The fourth-order valence-corrected chi connectivity index (χ4v) is 3.96. The Labute approximate surface area is 171 Å². The number of unbranched alkanes of at least 4 members (excludes halogenated alkanes) is 3. The molecular formula is C21H31NO5S. The van der Waals surface area contributed by atoms with Crippen molar-refractivity contribution in [3.05, 3.63) is 23.8 Å². The van der Waals surface area contributed by atoms with Gasteiger partial charge in [-0.2, -0.15) is 0 Å². The van der Waals surface area contributed by atoms with Crippen molar-refractivity contribution in [1.29, 1.82) is 0 Å². The van der Waals surface area contributed by atoms with Crippen LogP contribution in [0.25, 0.3) is 0 Å². The van der Waals surface area contributed by atoms with Gasteiger partial charge < -0.3 is 19.3 Å². The summed E-state index contributed by atoms with van der Waals surface area (Å²) in [6, 6.07) is 5.22. The van der Waals surface area contributed by atoms with E-state index in [0.29, 0.717) is 35.3 Å². The number of rotatable bonds is 12. The van der Waals surface area contributed by atoms with Crippen LogP contribution in [0.1, 0.15) is 51.5 Å². The number of nitrogens with zero attached hydrogens (tertiary/aromatic N) is 1. The van der Waals surface area contributed by atoms with E-state index in [-0.39, 0.29) is 11.7 Å². The van der Waals surface area contributed by atoms with Gasteiger partial charge in [-0.15, -0.1) is 11.8 Å². The lowest BCUT2D eigenvalue weighted by Gasteiger charge is -2.17. The Morgan fingerprint density at radius 3 is 2.64 bits per heavy atom. The maximum absolute atomic E-state index is 12.2. The number of methoxy groups -OCH3 is 1. The Morgan fingerprint density at radius 1 is 1.21 bits per heavy atom. The second-order valence-electron chi connectivity index (χ2n) is 7.05. The minimum Gasteiger partial charge on any atom is -0.507 e. The van der Waals surface area contributed by atoms with E-state index in [9.17, 15) is 9.90 Å². The summed E-state index contributed by atoms with van der Waals surface area (Å²) in [5.74, 6) is 0.926. The fraction of sp³-hybridized carbons (Fsp3) is 0.619. The van der Waals surface area contributed by atoms with Crippen LogP contribution in [0.5, 0.6) is 11.5 Å². The first-order valence-electron chi connectivity index (χ1n) is 9.85. The molecule has 1 aromatic rings. The summed E-state index contributed by atoms with van der Waals surface area (Å²) < 4.78 is 16.0. The molecule has 1 aliphatic rings. The molecule has 0 unspecified atom stereocenters. The first-order valence-corrected chi connectivity index (χ1v) is 10.8. The lowest BCUT2D eigenvalue weighted by Crippen LogP contribution is -2.35. The van der Waals surface area contributed by atoms with Gasteiger partial charge in [0.2, 0.25) is 0 Å². The summed E-state index contributed by atoms with van der Waals surface area (Å²) in [4.78, 5) is 16.8. The molecule has 0 fully saturated rings. The van der Waals surface area contributed by atoms with Crippen LogP contribution >= 0.6 is 11.8 Å². The van der Waals surface area contributed by atoms with Crippen LogP contribution in [-0.4, -0.2) is 54.3 Å². The van der Waals surface area contributed by atoms with Gasteiger partial charge in [-0.05, 0) is 44.7 Å². The van der Waals surface area contributed by atoms with Crippen molar-refractivity contribution < 1.29 is 24.1 Å². The van der Waals surface area contributed by atoms with E-state index in [1.165, 1.54) is 11.8 Å². The first-order chi connectivity index (χ1) is 13.5. The molecule has 28 heavy (non-hydrogen) atoms. The van der Waals surface area contributed by atoms with Crippen molar-refractivity contribution in [1.82, 2.24) is 0 Å². The molecule has 1 atom stereocenters. The third kappa shape index (κ3) is 6.41. The largest absolute Gasteiger partial charge is 0.507 e.